The van der Waals surface area contributed by atoms with Gasteiger partial charge in [-0.05, 0) is 37.3 Å². The van der Waals surface area contributed by atoms with Gasteiger partial charge in [-0.3, -0.25) is 0 Å². The summed E-state index contributed by atoms with van der Waals surface area (Å²) >= 11 is 0. The van der Waals surface area contributed by atoms with Gasteiger partial charge in [0, 0.05) is 0 Å². The lowest BCUT2D eigenvalue weighted by molar-refractivity contribution is -0.137. The number of hydrogen-bond acceptors (Lipinski definition) is 2. The summed E-state index contributed by atoms with van der Waals surface area (Å²) in [6.45, 7) is 0.175. The van der Waals surface area contributed by atoms with Crippen molar-refractivity contribution in [1.29, 1.82) is 0 Å². The molecule has 1 saturated carbocycles. The minimum atomic E-state index is -0.649. The highest BCUT2D eigenvalue weighted by molar-refractivity contribution is 6.20. The van der Waals surface area contributed by atoms with E-state index in [1.165, 1.54) is 24.8 Å². The van der Waals surface area contributed by atoms with Crippen LogP contribution < -0.4 is 0 Å². The summed E-state index contributed by atoms with van der Waals surface area (Å²) in [6, 6.07) is 0. The lowest BCUT2D eigenvalue weighted by Gasteiger charge is -2.10. The molecule has 0 unspecified atom stereocenters. The van der Waals surface area contributed by atoms with Crippen LogP contribution in [-0.2, 0) is 9.53 Å². The second-order valence-corrected chi connectivity index (χ2v) is 3.39. The second kappa shape index (κ2) is 6.77. The van der Waals surface area contributed by atoms with Crippen molar-refractivity contribution in [3.05, 3.63) is 22.9 Å². The van der Waals surface area contributed by atoms with Crippen molar-refractivity contribution in [1.82, 2.24) is 0 Å². The summed E-state index contributed by atoms with van der Waals surface area (Å²) in [6.07, 6.45) is 8.38. The Kier molecular flexibility index (Phi) is 5.16. The van der Waals surface area contributed by atoms with E-state index in [9.17, 15) is 4.79 Å². The summed E-state index contributed by atoms with van der Waals surface area (Å²) < 4.78 is 4.69. The molecule has 0 aliphatic heterocycles. The molecule has 1 rings (SSSR count). The van der Waals surface area contributed by atoms with E-state index in [-0.39, 0.29) is 6.61 Å². The van der Waals surface area contributed by atoms with Crippen LogP contribution in [0.4, 0.5) is 0 Å². The Labute approximate surface area is 88.9 Å². The standard InChI is InChI=1S/C11H14N2O2/c12-13-9-11(14)15-8-4-7-10-5-2-1-3-6-10/h4,9H,1-3,5-6,8H2. The van der Waals surface area contributed by atoms with Crippen molar-refractivity contribution >= 4 is 12.2 Å². The molecule has 0 heterocycles. The first-order chi connectivity index (χ1) is 7.33. The zero-order chi connectivity index (χ0) is 10.9. The van der Waals surface area contributed by atoms with Gasteiger partial charge in [0.15, 0.2) is 0 Å². The van der Waals surface area contributed by atoms with Crippen molar-refractivity contribution in [2.45, 2.75) is 32.1 Å². The van der Waals surface area contributed by atoms with Crippen LogP contribution in [0.1, 0.15) is 32.1 Å². The van der Waals surface area contributed by atoms with Gasteiger partial charge in [0.25, 0.3) is 0 Å². The molecule has 0 N–H and O–H groups in total. The predicted molar refractivity (Wildman–Crippen MR) is 55.3 cm³/mol. The SMILES string of the molecule is [N-]=[N+]=CC(=O)OCC=C=C1CCCCC1. The molecule has 4 nitrogen and oxygen atoms in total. The van der Waals surface area contributed by atoms with Crippen molar-refractivity contribution in [3.8, 4) is 0 Å². The van der Waals surface area contributed by atoms with E-state index >= 15 is 0 Å². The smallest absolute Gasteiger partial charge is 0.413 e. The monoisotopic (exact) mass is 206 g/mol. The molecule has 0 bridgehead atoms. The zero-order valence-electron chi connectivity index (χ0n) is 8.61. The molecule has 0 atom stereocenters. The maximum Gasteiger partial charge on any atom is 0.413 e. The lowest BCUT2D eigenvalue weighted by atomic mass is 9.96. The Morgan fingerprint density at radius 1 is 1.47 bits per heavy atom. The quantitative estimate of drug-likeness (QED) is 0.233. The van der Waals surface area contributed by atoms with Crippen molar-refractivity contribution < 1.29 is 14.3 Å². The van der Waals surface area contributed by atoms with Crippen LogP contribution in [0.2, 0.25) is 0 Å². The zero-order valence-corrected chi connectivity index (χ0v) is 8.61. The number of carbonyl (C=O) groups is 1. The number of esters is 1. The van der Waals surface area contributed by atoms with Crippen LogP contribution in [-0.4, -0.2) is 23.6 Å². The van der Waals surface area contributed by atoms with Gasteiger partial charge in [0.05, 0.1) is 0 Å². The van der Waals surface area contributed by atoms with Gasteiger partial charge in [-0.2, -0.15) is 4.79 Å². The van der Waals surface area contributed by atoms with Gasteiger partial charge >= 0.3 is 12.2 Å². The minimum absolute atomic E-state index is 0.175. The van der Waals surface area contributed by atoms with Crippen LogP contribution in [0.5, 0.6) is 0 Å². The summed E-state index contributed by atoms with van der Waals surface area (Å²) in [4.78, 5) is 13.3. The predicted octanol–water partition coefficient (Wildman–Crippen LogP) is 1.88. The molecule has 0 amide bonds. The fourth-order valence-electron chi connectivity index (χ4n) is 1.52. The highest BCUT2D eigenvalue weighted by Gasteiger charge is 2.03. The molecule has 15 heavy (non-hydrogen) atoms. The molecule has 0 aromatic carbocycles. The Hall–Kier alpha value is -1.63. The van der Waals surface area contributed by atoms with Crippen LogP contribution in [0.15, 0.2) is 17.4 Å². The van der Waals surface area contributed by atoms with Crippen LogP contribution in [0, 0.1) is 0 Å². The molecule has 0 aromatic rings. The first kappa shape index (κ1) is 11.4. The Balaban J connectivity index is 2.31. The van der Waals surface area contributed by atoms with Gasteiger partial charge in [-0.1, -0.05) is 6.42 Å². The van der Waals surface area contributed by atoms with E-state index in [4.69, 9.17) is 10.3 Å². The van der Waals surface area contributed by atoms with E-state index in [0.717, 1.165) is 19.1 Å². The summed E-state index contributed by atoms with van der Waals surface area (Å²) in [7, 11) is 0. The molecule has 1 fully saturated rings. The fraction of sp³-hybridized carbons (Fsp3) is 0.545. The van der Waals surface area contributed by atoms with Crippen LogP contribution >= 0.6 is 0 Å². The molecule has 0 radical (unpaired) electrons. The Morgan fingerprint density at radius 2 is 2.20 bits per heavy atom. The molecular weight excluding hydrogens is 192 g/mol. The number of ether oxygens (including phenoxy) is 1. The number of nitrogens with zero attached hydrogens (tertiary/aromatic N) is 2. The lowest BCUT2D eigenvalue weighted by Crippen LogP contribution is -2.05. The Morgan fingerprint density at radius 3 is 2.87 bits per heavy atom. The highest BCUT2D eigenvalue weighted by atomic mass is 16.5. The molecule has 80 valence electrons. The third-order valence-electron chi connectivity index (χ3n) is 2.24. The van der Waals surface area contributed by atoms with Gasteiger partial charge in [0.2, 0.25) is 0 Å². The third kappa shape index (κ3) is 4.96. The maximum absolute atomic E-state index is 10.7. The van der Waals surface area contributed by atoms with E-state index < -0.39 is 5.97 Å². The minimum Gasteiger partial charge on any atom is -0.452 e. The molecule has 4 heteroatoms. The number of carbonyl (C=O) groups excluding carboxylic acids is 1. The largest absolute Gasteiger partial charge is 0.452 e. The summed E-state index contributed by atoms with van der Waals surface area (Å²) in [5, 5.41) is 0. The van der Waals surface area contributed by atoms with Crippen LogP contribution in [0.3, 0.4) is 0 Å². The van der Waals surface area contributed by atoms with Gasteiger partial charge in [-0.15, -0.1) is 5.73 Å². The third-order valence-corrected chi connectivity index (χ3v) is 2.24. The highest BCUT2D eigenvalue weighted by Crippen LogP contribution is 2.21. The Bertz CT molecular complexity index is 326. The van der Waals surface area contributed by atoms with E-state index in [1.54, 1.807) is 6.08 Å². The number of rotatable bonds is 3. The molecule has 0 saturated heterocycles. The molecule has 0 spiro atoms. The summed E-state index contributed by atoms with van der Waals surface area (Å²) in [5.41, 5.74) is 12.5. The van der Waals surface area contributed by atoms with E-state index in [0.29, 0.717) is 0 Å². The second-order valence-electron chi connectivity index (χ2n) is 3.39. The first-order valence-electron chi connectivity index (χ1n) is 5.10. The molecule has 1 aliphatic rings. The average Bonchev–Trinajstić information content (AvgIpc) is 2.26. The van der Waals surface area contributed by atoms with Crippen LogP contribution in [0.25, 0.3) is 5.53 Å². The number of hydrogen-bond donors (Lipinski definition) is 0. The van der Waals surface area contributed by atoms with Gasteiger partial charge < -0.3 is 10.3 Å². The average molecular weight is 206 g/mol. The molecule has 1 aliphatic carbocycles. The molecule has 0 aromatic heterocycles. The summed E-state index contributed by atoms with van der Waals surface area (Å²) in [5.74, 6) is -0.649. The topological polar surface area (TPSA) is 62.7 Å². The molecular formula is C11H14N2O2. The normalized spacial score (nSPS) is 14.8. The van der Waals surface area contributed by atoms with Crippen molar-refractivity contribution in [3.63, 3.8) is 0 Å². The van der Waals surface area contributed by atoms with Gasteiger partial charge in [0.1, 0.15) is 6.61 Å². The first-order valence-corrected chi connectivity index (χ1v) is 5.10. The van der Waals surface area contributed by atoms with Gasteiger partial charge in [-0.25, -0.2) is 4.79 Å². The maximum atomic E-state index is 10.7. The van der Waals surface area contributed by atoms with E-state index in [1.807, 2.05) is 0 Å². The fourth-order valence-corrected chi connectivity index (χ4v) is 1.52. The van der Waals surface area contributed by atoms with Crippen molar-refractivity contribution in [2.24, 2.45) is 0 Å². The van der Waals surface area contributed by atoms with Crippen molar-refractivity contribution in [2.75, 3.05) is 6.61 Å². The van der Waals surface area contributed by atoms with E-state index in [2.05, 4.69) is 10.5 Å².